The lowest BCUT2D eigenvalue weighted by atomic mass is 9.66. The summed E-state index contributed by atoms with van der Waals surface area (Å²) < 4.78 is 17.3. The number of phenols is 1. The van der Waals surface area contributed by atoms with Gasteiger partial charge in [0.1, 0.15) is 11.5 Å². The Hall–Kier alpha value is -1.73. The third-order valence-corrected chi connectivity index (χ3v) is 4.61. The van der Waals surface area contributed by atoms with Crippen molar-refractivity contribution in [3.63, 3.8) is 0 Å². The van der Waals surface area contributed by atoms with Gasteiger partial charge in [-0.05, 0) is 39.3 Å². The molecule has 0 aromatic heterocycles. The summed E-state index contributed by atoms with van der Waals surface area (Å²) in [4.78, 5) is 11.3. The summed E-state index contributed by atoms with van der Waals surface area (Å²) in [5.41, 5.74) is -0.483. The maximum Gasteiger partial charge on any atom is 0.466 e. The normalized spacial score (nSPS) is 20.3. The van der Waals surface area contributed by atoms with Crippen molar-refractivity contribution in [1.29, 1.82) is 0 Å². The third-order valence-electron chi connectivity index (χ3n) is 4.61. The minimum Gasteiger partial charge on any atom is -0.508 e. The Kier molecular flexibility index (Phi) is 4.64. The van der Waals surface area contributed by atoms with E-state index in [4.69, 9.17) is 14.0 Å². The molecule has 0 radical (unpaired) electrons. The van der Waals surface area contributed by atoms with Gasteiger partial charge in [0.25, 0.3) is 0 Å². The number of aliphatic carboxylic acids is 1. The summed E-state index contributed by atoms with van der Waals surface area (Å²) in [6.07, 6.45) is -0.169. The van der Waals surface area contributed by atoms with E-state index in [0.717, 1.165) is 0 Å². The fourth-order valence-electron chi connectivity index (χ4n) is 2.60. The molecular weight excluding hydrogens is 299 g/mol. The van der Waals surface area contributed by atoms with Crippen LogP contribution in [0, 0.1) is 0 Å². The van der Waals surface area contributed by atoms with Crippen molar-refractivity contribution in [1.82, 2.24) is 0 Å². The Bertz CT molecular complexity index is 582. The molecule has 1 aromatic carbocycles. The number of ether oxygens (including phenoxy) is 1. The molecule has 0 amide bonds. The topological polar surface area (TPSA) is 85.2 Å². The summed E-state index contributed by atoms with van der Waals surface area (Å²) in [6.45, 7) is 7.66. The van der Waals surface area contributed by atoms with Crippen molar-refractivity contribution in [3.8, 4) is 11.5 Å². The summed E-state index contributed by atoms with van der Waals surface area (Å²) in [5, 5.41) is 18.9. The lowest BCUT2D eigenvalue weighted by Gasteiger charge is -2.32. The van der Waals surface area contributed by atoms with E-state index in [0.29, 0.717) is 11.3 Å². The molecule has 2 rings (SSSR count). The van der Waals surface area contributed by atoms with Gasteiger partial charge < -0.3 is 24.3 Å². The van der Waals surface area contributed by atoms with Gasteiger partial charge in [0.15, 0.2) is 0 Å². The molecule has 1 unspecified atom stereocenters. The second kappa shape index (κ2) is 6.05. The lowest BCUT2D eigenvalue weighted by Crippen LogP contribution is -2.41. The van der Waals surface area contributed by atoms with E-state index in [1.165, 1.54) is 19.2 Å². The number of benzene rings is 1. The Morgan fingerprint density at radius 2 is 1.83 bits per heavy atom. The number of carboxylic acids is 1. The zero-order chi connectivity index (χ0) is 17.4. The molecule has 1 fully saturated rings. The van der Waals surface area contributed by atoms with Crippen LogP contribution in [0.2, 0.25) is 0 Å². The third kappa shape index (κ3) is 3.45. The van der Waals surface area contributed by atoms with Crippen LogP contribution in [0.3, 0.4) is 0 Å². The average molecular weight is 322 g/mol. The number of carboxylic acid groups (broad SMARTS) is 1. The number of methoxy groups -OCH3 is 1. The molecular formula is C16H23BO6. The highest BCUT2D eigenvalue weighted by Gasteiger charge is 2.54. The Balaban J connectivity index is 2.42. The highest BCUT2D eigenvalue weighted by atomic mass is 16.7. The van der Waals surface area contributed by atoms with E-state index < -0.39 is 30.1 Å². The second-order valence-corrected chi connectivity index (χ2v) is 6.76. The fraction of sp³-hybridized carbons (Fsp3) is 0.562. The summed E-state index contributed by atoms with van der Waals surface area (Å²) in [6, 6.07) is 4.60. The first kappa shape index (κ1) is 17.6. The average Bonchev–Trinajstić information content (AvgIpc) is 2.64. The van der Waals surface area contributed by atoms with Gasteiger partial charge in [-0.15, -0.1) is 0 Å². The van der Waals surface area contributed by atoms with Crippen LogP contribution in [0.4, 0.5) is 0 Å². The van der Waals surface area contributed by atoms with Crippen molar-refractivity contribution >= 4 is 13.1 Å². The van der Waals surface area contributed by atoms with Gasteiger partial charge in [-0.25, -0.2) is 0 Å². The molecule has 1 aliphatic rings. The SMILES string of the molecule is COc1cc(O)ccc1C(CC(=O)O)B1OC(C)(C)C(C)(C)O1. The highest BCUT2D eigenvalue weighted by molar-refractivity contribution is 6.48. The molecule has 0 spiro atoms. The fourth-order valence-corrected chi connectivity index (χ4v) is 2.60. The molecule has 1 heterocycles. The largest absolute Gasteiger partial charge is 0.508 e. The van der Waals surface area contributed by atoms with E-state index in [2.05, 4.69) is 0 Å². The first-order valence-corrected chi connectivity index (χ1v) is 7.52. The molecule has 2 N–H and O–H groups in total. The first-order valence-electron chi connectivity index (χ1n) is 7.52. The summed E-state index contributed by atoms with van der Waals surface area (Å²) in [7, 11) is 0.759. The molecule has 0 saturated carbocycles. The van der Waals surface area contributed by atoms with Crippen LogP contribution in [-0.2, 0) is 14.1 Å². The van der Waals surface area contributed by atoms with Gasteiger partial charge in [0.2, 0.25) is 0 Å². The Morgan fingerprint density at radius 1 is 1.26 bits per heavy atom. The molecule has 23 heavy (non-hydrogen) atoms. The molecule has 1 atom stereocenters. The van der Waals surface area contributed by atoms with Crippen LogP contribution in [0.25, 0.3) is 0 Å². The summed E-state index contributed by atoms with van der Waals surface area (Å²) in [5.74, 6) is -1.05. The highest BCUT2D eigenvalue weighted by Crippen LogP contribution is 2.43. The Morgan fingerprint density at radius 3 is 2.30 bits per heavy atom. The van der Waals surface area contributed by atoms with Gasteiger partial charge >= 0.3 is 13.1 Å². The molecule has 7 heteroatoms. The first-order chi connectivity index (χ1) is 10.6. The van der Waals surface area contributed by atoms with Crippen LogP contribution in [0.1, 0.15) is 45.5 Å². The Labute approximate surface area is 136 Å². The van der Waals surface area contributed by atoms with Gasteiger partial charge in [0, 0.05) is 11.9 Å². The molecule has 0 aliphatic carbocycles. The standard InChI is InChI=1S/C16H23BO6/c1-15(2)16(3,4)23-17(22-15)12(9-14(19)20)11-7-6-10(18)8-13(11)21-5/h6-8,12,18H,9H2,1-5H3,(H,19,20). The van der Waals surface area contributed by atoms with Crippen LogP contribution in [0.5, 0.6) is 11.5 Å². The molecule has 1 saturated heterocycles. The van der Waals surface area contributed by atoms with Crippen LogP contribution in [0.15, 0.2) is 18.2 Å². The maximum atomic E-state index is 11.3. The molecule has 0 bridgehead atoms. The number of aromatic hydroxyl groups is 1. The zero-order valence-electron chi connectivity index (χ0n) is 14.1. The predicted molar refractivity (Wildman–Crippen MR) is 85.7 cm³/mol. The molecule has 6 nitrogen and oxygen atoms in total. The van der Waals surface area contributed by atoms with E-state index in [-0.39, 0.29) is 12.2 Å². The zero-order valence-corrected chi connectivity index (χ0v) is 14.1. The minimum atomic E-state index is -0.958. The molecule has 1 aliphatic heterocycles. The number of rotatable bonds is 5. The quantitative estimate of drug-likeness (QED) is 0.811. The van der Waals surface area contributed by atoms with Crippen molar-refractivity contribution in [3.05, 3.63) is 23.8 Å². The number of phenolic OH excluding ortho intramolecular Hbond substituents is 1. The van der Waals surface area contributed by atoms with Crippen molar-refractivity contribution in [2.24, 2.45) is 0 Å². The second-order valence-electron chi connectivity index (χ2n) is 6.76. The van der Waals surface area contributed by atoms with E-state index in [1.807, 2.05) is 27.7 Å². The van der Waals surface area contributed by atoms with Crippen molar-refractivity contribution < 1.29 is 29.1 Å². The van der Waals surface area contributed by atoms with E-state index in [9.17, 15) is 15.0 Å². The minimum absolute atomic E-state index is 0.0496. The lowest BCUT2D eigenvalue weighted by molar-refractivity contribution is -0.137. The smallest absolute Gasteiger partial charge is 0.466 e. The van der Waals surface area contributed by atoms with Crippen molar-refractivity contribution in [2.45, 2.75) is 51.1 Å². The monoisotopic (exact) mass is 322 g/mol. The molecule has 1 aromatic rings. The maximum absolute atomic E-state index is 11.3. The van der Waals surface area contributed by atoms with Gasteiger partial charge in [-0.3, -0.25) is 4.79 Å². The van der Waals surface area contributed by atoms with Crippen molar-refractivity contribution in [2.75, 3.05) is 7.11 Å². The number of hydrogen-bond acceptors (Lipinski definition) is 5. The van der Waals surface area contributed by atoms with Gasteiger partial charge in [0.05, 0.1) is 24.7 Å². The van der Waals surface area contributed by atoms with E-state index in [1.54, 1.807) is 6.07 Å². The predicted octanol–water partition coefficient (Wildman–Crippen LogP) is 2.59. The summed E-state index contributed by atoms with van der Waals surface area (Å²) >= 11 is 0. The van der Waals surface area contributed by atoms with Gasteiger partial charge in [-0.1, -0.05) is 6.07 Å². The number of hydrogen-bond donors (Lipinski definition) is 2. The van der Waals surface area contributed by atoms with E-state index >= 15 is 0 Å². The van der Waals surface area contributed by atoms with Crippen LogP contribution >= 0.6 is 0 Å². The van der Waals surface area contributed by atoms with Crippen LogP contribution in [-0.4, -0.2) is 41.6 Å². The number of carbonyl (C=O) groups is 1. The van der Waals surface area contributed by atoms with Gasteiger partial charge in [-0.2, -0.15) is 0 Å². The van der Waals surface area contributed by atoms with Crippen LogP contribution < -0.4 is 4.74 Å². The molecule has 126 valence electrons.